The molecule has 27 heavy (non-hydrogen) atoms. The van der Waals surface area contributed by atoms with E-state index >= 15 is 0 Å². The molecule has 1 atom stereocenters. The fourth-order valence-electron chi connectivity index (χ4n) is 2.68. The maximum absolute atomic E-state index is 12.5. The molecule has 0 spiro atoms. The van der Waals surface area contributed by atoms with Crippen molar-refractivity contribution in [2.45, 2.75) is 40.2 Å². The molecule has 0 radical (unpaired) electrons. The first-order valence-electron chi connectivity index (χ1n) is 9.38. The molecule has 0 saturated heterocycles. The maximum Gasteiger partial charge on any atom is 0.413 e. The minimum Gasteiger partial charge on any atom is -0.450 e. The number of likely N-dealkylation sites (N-methyl/N-ethyl adjacent to an activating group) is 1. The van der Waals surface area contributed by atoms with Crippen molar-refractivity contribution in [1.82, 2.24) is 15.5 Å². The van der Waals surface area contributed by atoms with Gasteiger partial charge < -0.3 is 10.1 Å². The van der Waals surface area contributed by atoms with Crippen LogP contribution in [-0.2, 0) is 14.3 Å². The molecule has 0 heterocycles. The third-order valence-electron chi connectivity index (χ3n) is 3.94. The van der Waals surface area contributed by atoms with E-state index in [2.05, 4.69) is 29.2 Å². The maximum atomic E-state index is 12.5. The first kappa shape index (κ1) is 22.6. The van der Waals surface area contributed by atoms with Crippen molar-refractivity contribution in [3.8, 4) is 0 Å². The highest BCUT2D eigenvalue weighted by Gasteiger charge is 2.19. The van der Waals surface area contributed by atoms with E-state index < -0.39 is 12.0 Å². The van der Waals surface area contributed by atoms with Gasteiger partial charge in [0.1, 0.15) is 0 Å². The molecule has 0 aromatic heterocycles. The molecule has 0 aliphatic carbocycles. The van der Waals surface area contributed by atoms with E-state index in [1.807, 2.05) is 37.3 Å². The third-order valence-corrected chi connectivity index (χ3v) is 3.94. The average molecular weight is 377 g/mol. The molecule has 7 heteroatoms. The number of rotatable bonds is 10. The summed E-state index contributed by atoms with van der Waals surface area (Å²) in [5.74, 6) is -0.228. The van der Waals surface area contributed by atoms with Gasteiger partial charge >= 0.3 is 6.09 Å². The van der Waals surface area contributed by atoms with Gasteiger partial charge in [0.2, 0.25) is 11.8 Å². The quantitative estimate of drug-likeness (QED) is 0.654. The predicted octanol–water partition coefficient (Wildman–Crippen LogP) is 2.48. The summed E-state index contributed by atoms with van der Waals surface area (Å²) in [6.45, 7) is 8.46. The summed E-state index contributed by atoms with van der Waals surface area (Å²) in [5, 5.41) is 5.20. The lowest BCUT2D eigenvalue weighted by Gasteiger charge is -2.24. The number of benzene rings is 1. The lowest BCUT2D eigenvalue weighted by atomic mass is 9.97. The number of amides is 3. The lowest BCUT2D eigenvalue weighted by molar-refractivity contribution is -0.125. The van der Waals surface area contributed by atoms with E-state index in [0.717, 1.165) is 12.0 Å². The van der Waals surface area contributed by atoms with Crippen LogP contribution < -0.4 is 10.6 Å². The summed E-state index contributed by atoms with van der Waals surface area (Å²) in [7, 11) is 0. The number of imide groups is 1. The van der Waals surface area contributed by atoms with Crippen LogP contribution >= 0.6 is 0 Å². The molecule has 1 aromatic rings. The summed E-state index contributed by atoms with van der Waals surface area (Å²) in [5.41, 5.74) is 1.06. The molecule has 7 nitrogen and oxygen atoms in total. The molecule has 0 unspecified atom stereocenters. The van der Waals surface area contributed by atoms with Crippen molar-refractivity contribution < 1.29 is 19.1 Å². The largest absolute Gasteiger partial charge is 0.450 e. The molecule has 0 aliphatic rings. The Labute approximate surface area is 161 Å². The Bertz CT molecular complexity index is 605. The fraction of sp³-hybridized carbons (Fsp3) is 0.550. The predicted molar refractivity (Wildman–Crippen MR) is 104 cm³/mol. The average Bonchev–Trinajstić information content (AvgIpc) is 2.61. The van der Waals surface area contributed by atoms with E-state index in [-0.39, 0.29) is 31.6 Å². The Kier molecular flexibility index (Phi) is 10.1. The van der Waals surface area contributed by atoms with E-state index in [9.17, 15) is 14.4 Å². The summed E-state index contributed by atoms with van der Waals surface area (Å²) in [6, 6.07) is 9.76. The van der Waals surface area contributed by atoms with Crippen molar-refractivity contribution in [3.05, 3.63) is 35.9 Å². The number of ether oxygens (including phenoxy) is 1. The number of nitrogens with one attached hydrogen (secondary N) is 2. The van der Waals surface area contributed by atoms with Crippen molar-refractivity contribution in [2.75, 3.05) is 26.2 Å². The zero-order chi connectivity index (χ0) is 20.2. The standard InChI is InChI=1S/C20H31N3O4/c1-5-23(14-19(25)22-20(26)27-6-2)13-18(24)21-17(12-15(3)4)16-10-8-7-9-11-16/h7-11,15,17H,5-6,12-14H2,1-4H3,(H,21,24)(H,22,25,26)/t17-/m0/s1. The van der Waals surface area contributed by atoms with Crippen LogP contribution in [-0.4, -0.2) is 49.0 Å². The highest BCUT2D eigenvalue weighted by atomic mass is 16.5. The Hall–Kier alpha value is -2.41. The summed E-state index contributed by atoms with van der Waals surface area (Å²) >= 11 is 0. The number of carbonyl (C=O) groups is 3. The molecule has 1 rings (SSSR count). The van der Waals surface area contributed by atoms with Crippen molar-refractivity contribution in [1.29, 1.82) is 0 Å². The Morgan fingerprint density at radius 3 is 2.22 bits per heavy atom. The third kappa shape index (κ3) is 9.19. The highest BCUT2D eigenvalue weighted by Crippen LogP contribution is 2.20. The smallest absolute Gasteiger partial charge is 0.413 e. The van der Waals surface area contributed by atoms with Gasteiger partial charge in [0, 0.05) is 0 Å². The van der Waals surface area contributed by atoms with Gasteiger partial charge in [0.05, 0.1) is 25.7 Å². The van der Waals surface area contributed by atoms with E-state index in [4.69, 9.17) is 0 Å². The second-order valence-electron chi connectivity index (χ2n) is 6.73. The monoisotopic (exact) mass is 377 g/mol. The zero-order valence-corrected chi connectivity index (χ0v) is 16.7. The molecule has 2 N–H and O–H groups in total. The summed E-state index contributed by atoms with van der Waals surface area (Å²) < 4.78 is 4.68. The summed E-state index contributed by atoms with van der Waals surface area (Å²) in [4.78, 5) is 37.4. The molecule has 1 aromatic carbocycles. The molecule has 3 amide bonds. The van der Waals surface area contributed by atoms with Gasteiger partial charge in [-0.05, 0) is 31.4 Å². The molecular formula is C20H31N3O4. The van der Waals surface area contributed by atoms with Gasteiger partial charge in [-0.25, -0.2) is 4.79 Å². The van der Waals surface area contributed by atoms with Gasteiger partial charge in [-0.15, -0.1) is 0 Å². The number of hydrogen-bond donors (Lipinski definition) is 2. The van der Waals surface area contributed by atoms with Gasteiger partial charge in [0.15, 0.2) is 0 Å². The molecule has 0 fully saturated rings. The molecule has 150 valence electrons. The number of hydrogen-bond acceptors (Lipinski definition) is 5. The Morgan fingerprint density at radius 2 is 1.67 bits per heavy atom. The number of nitrogens with zero attached hydrogens (tertiary/aromatic N) is 1. The van der Waals surface area contributed by atoms with Crippen molar-refractivity contribution in [2.24, 2.45) is 5.92 Å². The highest BCUT2D eigenvalue weighted by molar-refractivity contribution is 5.93. The van der Waals surface area contributed by atoms with Crippen LogP contribution in [0.1, 0.15) is 45.7 Å². The van der Waals surface area contributed by atoms with Gasteiger partial charge in [-0.3, -0.25) is 19.8 Å². The SMILES string of the molecule is CCOC(=O)NC(=O)CN(CC)CC(=O)N[C@@H](CC(C)C)c1ccccc1. The van der Waals surface area contributed by atoms with Crippen LogP contribution in [0.2, 0.25) is 0 Å². The second kappa shape index (κ2) is 12.1. The Morgan fingerprint density at radius 1 is 1.04 bits per heavy atom. The first-order chi connectivity index (χ1) is 12.8. The minimum absolute atomic E-state index is 0.0527. The van der Waals surface area contributed by atoms with Crippen LogP contribution in [0, 0.1) is 5.92 Å². The van der Waals surface area contributed by atoms with Crippen LogP contribution in [0.3, 0.4) is 0 Å². The second-order valence-corrected chi connectivity index (χ2v) is 6.73. The first-order valence-corrected chi connectivity index (χ1v) is 9.38. The van der Waals surface area contributed by atoms with Crippen molar-refractivity contribution in [3.63, 3.8) is 0 Å². The van der Waals surface area contributed by atoms with Crippen molar-refractivity contribution >= 4 is 17.9 Å². The van der Waals surface area contributed by atoms with Crippen LogP contribution in [0.4, 0.5) is 4.79 Å². The van der Waals surface area contributed by atoms with Gasteiger partial charge in [-0.1, -0.05) is 51.1 Å². The van der Waals surface area contributed by atoms with Crippen LogP contribution in [0.5, 0.6) is 0 Å². The van der Waals surface area contributed by atoms with E-state index in [1.165, 1.54) is 0 Å². The van der Waals surface area contributed by atoms with E-state index in [1.54, 1.807) is 11.8 Å². The topological polar surface area (TPSA) is 87.7 Å². The van der Waals surface area contributed by atoms with Crippen LogP contribution in [0.25, 0.3) is 0 Å². The number of alkyl carbamates (subject to hydrolysis) is 1. The lowest BCUT2D eigenvalue weighted by Crippen LogP contribution is -2.44. The minimum atomic E-state index is -0.774. The number of carbonyl (C=O) groups excluding carboxylic acids is 3. The summed E-state index contributed by atoms with van der Waals surface area (Å²) in [6.07, 6.45) is 0.0506. The van der Waals surface area contributed by atoms with E-state index in [0.29, 0.717) is 12.5 Å². The zero-order valence-electron chi connectivity index (χ0n) is 16.7. The van der Waals surface area contributed by atoms with Crippen LogP contribution in [0.15, 0.2) is 30.3 Å². The molecular weight excluding hydrogens is 346 g/mol. The normalized spacial score (nSPS) is 11.9. The molecule has 0 saturated carbocycles. The van der Waals surface area contributed by atoms with Gasteiger partial charge in [0.25, 0.3) is 0 Å². The molecule has 0 bridgehead atoms. The fourth-order valence-corrected chi connectivity index (χ4v) is 2.68. The molecule has 0 aliphatic heterocycles. The van der Waals surface area contributed by atoms with Gasteiger partial charge in [-0.2, -0.15) is 0 Å². The Balaban J connectivity index is 2.62.